The topological polar surface area (TPSA) is 59.8 Å². The second-order valence-electron chi connectivity index (χ2n) is 6.42. The van der Waals surface area contributed by atoms with Crippen molar-refractivity contribution in [1.82, 2.24) is 9.88 Å². The fraction of sp³-hybridized carbons (Fsp3) is 0.500. The number of rotatable bonds is 4. The Kier molecular flexibility index (Phi) is 4.80. The maximum atomic E-state index is 9.77. The molecule has 2 heterocycles. The van der Waals surface area contributed by atoms with Gasteiger partial charge >= 0.3 is 0 Å². The van der Waals surface area contributed by atoms with Crippen LogP contribution in [0, 0.1) is 6.92 Å². The van der Waals surface area contributed by atoms with Crippen LogP contribution in [0.1, 0.15) is 17.5 Å². The van der Waals surface area contributed by atoms with E-state index in [1.54, 1.807) is 0 Å². The molecule has 0 aliphatic carbocycles. The van der Waals surface area contributed by atoms with Crippen molar-refractivity contribution in [3.63, 3.8) is 0 Å². The van der Waals surface area contributed by atoms with E-state index in [4.69, 9.17) is 4.98 Å². The van der Waals surface area contributed by atoms with Crippen molar-refractivity contribution in [2.24, 2.45) is 0 Å². The molecule has 0 bridgehead atoms. The van der Waals surface area contributed by atoms with E-state index < -0.39 is 0 Å². The van der Waals surface area contributed by atoms with Crippen molar-refractivity contribution in [3.05, 3.63) is 35.4 Å². The number of piperazine rings is 1. The SMILES string of the molecule is Cc1ccc2cc(CO)c(N3CCN(C)C(CCO)C3)nc2c1. The van der Waals surface area contributed by atoms with E-state index in [1.807, 2.05) is 6.07 Å². The number of benzene rings is 1. The maximum Gasteiger partial charge on any atom is 0.134 e. The highest BCUT2D eigenvalue weighted by atomic mass is 16.3. The molecule has 23 heavy (non-hydrogen) atoms. The molecule has 0 spiro atoms. The third kappa shape index (κ3) is 3.32. The van der Waals surface area contributed by atoms with Crippen molar-refractivity contribution in [3.8, 4) is 0 Å². The molecule has 2 N–H and O–H groups in total. The predicted octanol–water partition coefficient (Wildman–Crippen LogP) is 1.54. The van der Waals surface area contributed by atoms with Crippen LogP contribution in [0.2, 0.25) is 0 Å². The van der Waals surface area contributed by atoms with E-state index in [0.29, 0.717) is 6.04 Å². The Hall–Kier alpha value is -1.69. The molecule has 0 amide bonds. The summed E-state index contributed by atoms with van der Waals surface area (Å²) in [5, 5.41) is 20.1. The number of nitrogens with zero attached hydrogens (tertiary/aromatic N) is 3. The standard InChI is InChI=1S/C18H25N3O2/c1-13-3-4-14-10-15(12-23)18(19-17(14)9-13)21-7-6-20(2)16(11-21)5-8-22/h3-4,9-10,16,22-23H,5-8,11-12H2,1-2H3. The monoisotopic (exact) mass is 315 g/mol. The largest absolute Gasteiger partial charge is 0.396 e. The first-order chi connectivity index (χ1) is 11.1. The van der Waals surface area contributed by atoms with Gasteiger partial charge in [0.15, 0.2) is 0 Å². The lowest BCUT2D eigenvalue weighted by molar-refractivity contribution is 0.170. The van der Waals surface area contributed by atoms with Gasteiger partial charge in [0.25, 0.3) is 0 Å². The van der Waals surface area contributed by atoms with Gasteiger partial charge in [-0.3, -0.25) is 4.90 Å². The number of fused-ring (bicyclic) bond motifs is 1. The first-order valence-electron chi connectivity index (χ1n) is 8.19. The highest BCUT2D eigenvalue weighted by molar-refractivity contribution is 5.82. The van der Waals surface area contributed by atoms with Gasteiger partial charge in [-0.15, -0.1) is 0 Å². The minimum Gasteiger partial charge on any atom is -0.396 e. The lowest BCUT2D eigenvalue weighted by Gasteiger charge is -2.40. The summed E-state index contributed by atoms with van der Waals surface area (Å²) in [7, 11) is 2.10. The van der Waals surface area contributed by atoms with Crippen molar-refractivity contribution in [2.75, 3.05) is 38.2 Å². The molecule has 1 fully saturated rings. The first kappa shape index (κ1) is 16.2. The highest BCUT2D eigenvalue weighted by Gasteiger charge is 2.26. The highest BCUT2D eigenvalue weighted by Crippen LogP contribution is 2.26. The van der Waals surface area contributed by atoms with Crippen LogP contribution in [0.4, 0.5) is 5.82 Å². The Morgan fingerprint density at radius 3 is 2.78 bits per heavy atom. The van der Waals surface area contributed by atoms with E-state index >= 15 is 0 Å². The molecule has 1 aliphatic heterocycles. The Bertz CT molecular complexity index is 689. The zero-order valence-electron chi connectivity index (χ0n) is 13.9. The van der Waals surface area contributed by atoms with Crippen LogP contribution in [0.25, 0.3) is 10.9 Å². The Labute approximate surface area is 137 Å². The zero-order valence-corrected chi connectivity index (χ0v) is 13.9. The summed E-state index contributed by atoms with van der Waals surface area (Å²) < 4.78 is 0. The second kappa shape index (κ2) is 6.83. The fourth-order valence-electron chi connectivity index (χ4n) is 3.30. The zero-order chi connectivity index (χ0) is 16.4. The molecule has 5 nitrogen and oxygen atoms in total. The van der Waals surface area contributed by atoms with E-state index in [2.05, 4.69) is 42.0 Å². The summed E-state index contributed by atoms with van der Waals surface area (Å²) in [6.07, 6.45) is 0.758. The molecule has 1 unspecified atom stereocenters. The predicted molar refractivity (Wildman–Crippen MR) is 92.7 cm³/mol. The summed E-state index contributed by atoms with van der Waals surface area (Å²) in [6.45, 7) is 4.89. The summed E-state index contributed by atoms with van der Waals surface area (Å²) in [6, 6.07) is 8.56. The summed E-state index contributed by atoms with van der Waals surface area (Å²) in [5.41, 5.74) is 3.02. The number of aromatic nitrogens is 1. The maximum absolute atomic E-state index is 9.77. The number of pyridine rings is 1. The van der Waals surface area contributed by atoms with Crippen molar-refractivity contribution in [2.45, 2.75) is 26.0 Å². The van der Waals surface area contributed by atoms with E-state index in [0.717, 1.165) is 48.3 Å². The minimum absolute atomic E-state index is 0.0108. The van der Waals surface area contributed by atoms with Crippen LogP contribution in [0.3, 0.4) is 0 Å². The number of hydrogen-bond donors (Lipinski definition) is 2. The molecule has 1 saturated heterocycles. The van der Waals surface area contributed by atoms with Gasteiger partial charge in [-0.05, 0) is 38.1 Å². The van der Waals surface area contributed by atoms with Crippen molar-refractivity contribution < 1.29 is 10.2 Å². The van der Waals surface area contributed by atoms with Gasteiger partial charge in [-0.25, -0.2) is 4.98 Å². The molecule has 0 radical (unpaired) electrons. The molecular formula is C18H25N3O2. The van der Waals surface area contributed by atoms with Crippen LogP contribution in [-0.2, 0) is 6.61 Å². The van der Waals surface area contributed by atoms with Crippen molar-refractivity contribution in [1.29, 1.82) is 0 Å². The average molecular weight is 315 g/mol. The number of hydrogen-bond acceptors (Lipinski definition) is 5. The quantitative estimate of drug-likeness (QED) is 0.896. The third-order valence-corrected chi connectivity index (χ3v) is 4.74. The Balaban J connectivity index is 1.97. The molecule has 1 aromatic carbocycles. The molecular weight excluding hydrogens is 290 g/mol. The van der Waals surface area contributed by atoms with E-state index in [1.165, 1.54) is 5.56 Å². The lowest BCUT2D eigenvalue weighted by Crippen LogP contribution is -2.52. The molecule has 124 valence electrons. The third-order valence-electron chi connectivity index (χ3n) is 4.74. The number of anilines is 1. The normalized spacial score (nSPS) is 19.5. The number of likely N-dealkylation sites (N-methyl/N-ethyl adjacent to an activating group) is 1. The van der Waals surface area contributed by atoms with E-state index in [-0.39, 0.29) is 13.2 Å². The van der Waals surface area contributed by atoms with Crippen LogP contribution in [0.15, 0.2) is 24.3 Å². The molecule has 0 saturated carbocycles. The second-order valence-corrected chi connectivity index (χ2v) is 6.42. The van der Waals surface area contributed by atoms with Crippen LogP contribution >= 0.6 is 0 Å². The smallest absolute Gasteiger partial charge is 0.134 e. The van der Waals surface area contributed by atoms with Gasteiger partial charge in [0.2, 0.25) is 0 Å². The van der Waals surface area contributed by atoms with Gasteiger partial charge < -0.3 is 15.1 Å². The minimum atomic E-state index is -0.0108. The molecule has 3 rings (SSSR count). The Morgan fingerprint density at radius 1 is 1.22 bits per heavy atom. The molecule has 1 aliphatic rings. The van der Waals surface area contributed by atoms with Gasteiger partial charge in [0, 0.05) is 43.2 Å². The van der Waals surface area contributed by atoms with Crippen LogP contribution in [0.5, 0.6) is 0 Å². The van der Waals surface area contributed by atoms with Gasteiger partial charge in [-0.2, -0.15) is 0 Å². The summed E-state index contributed by atoms with van der Waals surface area (Å²) in [5.74, 6) is 0.877. The first-order valence-corrected chi connectivity index (χ1v) is 8.19. The molecule has 1 aromatic heterocycles. The summed E-state index contributed by atoms with van der Waals surface area (Å²) in [4.78, 5) is 9.37. The van der Waals surface area contributed by atoms with Gasteiger partial charge in [0.05, 0.1) is 12.1 Å². The molecule has 5 heteroatoms. The van der Waals surface area contributed by atoms with Crippen LogP contribution < -0.4 is 4.90 Å². The molecule has 1 atom stereocenters. The summed E-state index contributed by atoms with van der Waals surface area (Å²) >= 11 is 0. The van der Waals surface area contributed by atoms with E-state index in [9.17, 15) is 10.2 Å². The molecule has 2 aromatic rings. The number of aliphatic hydroxyl groups excluding tert-OH is 2. The number of aryl methyl sites for hydroxylation is 1. The lowest BCUT2D eigenvalue weighted by atomic mass is 10.1. The van der Waals surface area contributed by atoms with Crippen molar-refractivity contribution >= 4 is 16.7 Å². The van der Waals surface area contributed by atoms with Crippen LogP contribution in [-0.4, -0.2) is 59.4 Å². The Morgan fingerprint density at radius 2 is 2.04 bits per heavy atom. The fourth-order valence-corrected chi connectivity index (χ4v) is 3.30. The number of aliphatic hydroxyl groups is 2. The average Bonchev–Trinajstić information content (AvgIpc) is 2.56. The van der Waals surface area contributed by atoms with Gasteiger partial charge in [0.1, 0.15) is 5.82 Å². The van der Waals surface area contributed by atoms with Gasteiger partial charge in [-0.1, -0.05) is 12.1 Å².